The van der Waals surface area contributed by atoms with Crippen LogP contribution in [0.15, 0.2) is 53.3 Å². The minimum atomic E-state index is -0.0793. The molecule has 0 unspecified atom stereocenters. The number of hydrogen-bond acceptors (Lipinski definition) is 6. The minimum absolute atomic E-state index is 0.0793. The van der Waals surface area contributed by atoms with Crippen molar-refractivity contribution < 1.29 is 9.21 Å². The van der Waals surface area contributed by atoms with Gasteiger partial charge in [0.05, 0.1) is 17.3 Å². The fraction of sp³-hybridized carbons (Fsp3) is 0.238. The standard InChI is InChI=1S/C21H19ClN6O2/c1-14-5-6-18(30-14)21(29)27-9-7-26(8-10-27)19-17-12-25-28(20(17)24-13-23-19)16-4-2-3-15(22)11-16/h2-6,11-13H,7-10H2,1H3. The van der Waals surface area contributed by atoms with Crippen molar-refractivity contribution in [2.75, 3.05) is 31.1 Å². The first-order valence-electron chi connectivity index (χ1n) is 9.65. The number of fused-ring (bicyclic) bond motifs is 1. The van der Waals surface area contributed by atoms with E-state index in [-0.39, 0.29) is 5.91 Å². The quantitative estimate of drug-likeness (QED) is 0.503. The van der Waals surface area contributed by atoms with Gasteiger partial charge in [-0.05, 0) is 37.3 Å². The van der Waals surface area contributed by atoms with Crippen LogP contribution in [-0.4, -0.2) is 56.7 Å². The van der Waals surface area contributed by atoms with Crippen LogP contribution in [0, 0.1) is 6.92 Å². The predicted octanol–water partition coefficient (Wildman–Crippen LogP) is 3.33. The number of aromatic nitrogens is 4. The highest BCUT2D eigenvalue weighted by molar-refractivity contribution is 6.30. The summed E-state index contributed by atoms with van der Waals surface area (Å²) >= 11 is 6.13. The van der Waals surface area contributed by atoms with Gasteiger partial charge < -0.3 is 14.2 Å². The van der Waals surface area contributed by atoms with Crippen molar-refractivity contribution >= 4 is 34.4 Å². The van der Waals surface area contributed by atoms with Crippen LogP contribution < -0.4 is 4.90 Å². The Morgan fingerprint density at radius 2 is 1.93 bits per heavy atom. The molecule has 4 aromatic rings. The summed E-state index contributed by atoms with van der Waals surface area (Å²) in [4.78, 5) is 25.5. The Bertz CT molecular complexity index is 1230. The molecule has 0 spiro atoms. The second-order valence-corrected chi connectivity index (χ2v) is 7.60. The highest BCUT2D eigenvalue weighted by Gasteiger charge is 2.26. The van der Waals surface area contributed by atoms with E-state index >= 15 is 0 Å². The van der Waals surface area contributed by atoms with Crippen LogP contribution in [0.25, 0.3) is 16.7 Å². The Labute approximate surface area is 177 Å². The summed E-state index contributed by atoms with van der Waals surface area (Å²) in [6.45, 7) is 4.34. The topological polar surface area (TPSA) is 80.3 Å². The number of anilines is 1. The van der Waals surface area contributed by atoms with Crippen LogP contribution in [0.4, 0.5) is 5.82 Å². The van der Waals surface area contributed by atoms with Gasteiger partial charge in [0.25, 0.3) is 5.91 Å². The van der Waals surface area contributed by atoms with Crippen LogP contribution >= 0.6 is 11.6 Å². The molecule has 1 saturated heterocycles. The molecule has 0 bridgehead atoms. The molecule has 8 nitrogen and oxygen atoms in total. The summed E-state index contributed by atoms with van der Waals surface area (Å²) in [5.74, 6) is 1.85. The van der Waals surface area contributed by atoms with Gasteiger partial charge in [-0.3, -0.25) is 4.79 Å². The summed E-state index contributed by atoms with van der Waals surface area (Å²) in [7, 11) is 0. The number of aryl methyl sites for hydroxylation is 1. The first kappa shape index (κ1) is 18.6. The monoisotopic (exact) mass is 422 g/mol. The van der Waals surface area contributed by atoms with Crippen molar-refractivity contribution in [2.45, 2.75) is 6.92 Å². The zero-order valence-electron chi connectivity index (χ0n) is 16.3. The molecule has 1 aliphatic rings. The Kier molecular flexibility index (Phi) is 4.63. The lowest BCUT2D eigenvalue weighted by molar-refractivity contribution is 0.0713. The number of hydrogen-bond donors (Lipinski definition) is 0. The molecular weight excluding hydrogens is 404 g/mol. The summed E-state index contributed by atoms with van der Waals surface area (Å²) in [6, 6.07) is 11.0. The van der Waals surface area contributed by atoms with Gasteiger partial charge >= 0.3 is 0 Å². The third-order valence-electron chi connectivity index (χ3n) is 5.22. The molecule has 9 heteroatoms. The largest absolute Gasteiger partial charge is 0.456 e. The molecule has 1 aliphatic heterocycles. The smallest absolute Gasteiger partial charge is 0.289 e. The van der Waals surface area contributed by atoms with E-state index in [1.807, 2.05) is 36.1 Å². The van der Waals surface area contributed by atoms with Gasteiger partial charge in [-0.2, -0.15) is 5.10 Å². The maximum absolute atomic E-state index is 12.6. The second kappa shape index (κ2) is 7.46. The van der Waals surface area contributed by atoms with Gasteiger partial charge in [-0.25, -0.2) is 14.6 Å². The zero-order valence-corrected chi connectivity index (χ0v) is 17.1. The van der Waals surface area contributed by atoms with E-state index in [0.717, 1.165) is 22.7 Å². The highest BCUT2D eigenvalue weighted by atomic mass is 35.5. The number of rotatable bonds is 3. The van der Waals surface area contributed by atoms with E-state index in [1.54, 1.807) is 29.3 Å². The third kappa shape index (κ3) is 3.29. The summed E-state index contributed by atoms with van der Waals surface area (Å²) < 4.78 is 7.23. The van der Waals surface area contributed by atoms with E-state index in [9.17, 15) is 4.79 Å². The van der Waals surface area contributed by atoms with E-state index < -0.39 is 0 Å². The number of nitrogens with zero attached hydrogens (tertiary/aromatic N) is 6. The molecule has 5 rings (SSSR count). The van der Waals surface area contributed by atoms with Crippen molar-refractivity contribution in [3.05, 3.63) is 65.5 Å². The Balaban J connectivity index is 1.38. The molecule has 0 saturated carbocycles. The van der Waals surface area contributed by atoms with Crippen molar-refractivity contribution in [1.29, 1.82) is 0 Å². The first-order chi connectivity index (χ1) is 14.6. The zero-order chi connectivity index (χ0) is 20.7. The van der Waals surface area contributed by atoms with Gasteiger partial charge in [-0.15, -0.1) is 0 Å². The molecule has 1 fully saturated rings. The van der Waals surface area contributed by atoms with Crippen molar-refractivity contribution in [3.63, 3.8) is 0 Å². The normalized spacial score (nSPS) is 14.5. The second-order valence-electron chi connectivity index (χ2n) is 7.16. The van der Waals surface area contributed by atoms with Gasteiger partial charge in [0.2, 0.25) is 0 Å². The predicted molar refractivity (Wildman–Crippen MR) is 113 cm³/mol. The number of carbonyl (C=O) groups excluding carboxylic acids is 1. The Morgan fingerprint density at radius 3 is 2.67 bits per heavy atom. The molecule has 4 heterocycles. The number of furan rings is 1. The molecule has 1 amide bonds. The number of halogens is 1. The number of carbonyl (C=O) groups is 1. The molecule has 152 valence electrons. The number of benzene rings is 1. The lowest BCUT2D eigenvalue weighted by Crippen LogP contribution is -2.49. The molecular formula is C21H19ClN6O2. The maximum Gasteiger partial charge on any atom is 0.289 e. The lowest BCUT2D eigenvalue weighted by atomic mass is 10.2. The number of amides is 1. The van der Waals surface area contributed by atoms with E-state index in [4.69, 9.17) is 16.0 Å². The van der Waals surface area contributed by atoms with Crippen molar-refractivity contribution in [2.24, 2.45) is 0 Å². The first-order valence-corrected chi connectivity index (χ1v) is 10.0. The SMILES string of the molecule is Cc1ccc(C(=O)N2CCN(c3ncnc4c3cnn4-c3cccc(Cl)c3)CC2)o1. The highest BCUT2D eigenvalue weighted by Crippen LogP contribution is 2.26. The Hall–Kier alpha value is -3.39. The van der Waals surface area contributed by atoms with Crippen LogP contribution in [-0.2, 0) is 0 Å². The molecule has 0 radical (unpaired) electrons. The average Bonchev–Trinajstić information content (AvgIpc) is 3.39. The van der Waals surface area contributed by atoms with E-state index in [0.29, 0.717) is 42.6 Å². The van der Waals surface area contributed by atoms with Gasteiger partial charge in [0.1, 0.15) is 17.9 Å². The molecule has 30 heavy (non-hydrogen) atoms. The number of piperazine rings is 1. The summed E-state index contributed by atoms with van der Waals surface area (Å²) in [6.07, 6.45) is 3.32. The minimum Gasteiger partial charge on any atom is -0.456 e. The van der Waals surface area contributed by atoms with E-state index in [2.05, 4.69) is 20.0 Å². The van der Waals surface area contributed by atoms with Crippen LogP contribution in [0.1, 0.15) is 16.3 Å². The van der Waals surface area contributed by atoms with E-state index in [1.165, 1.54) is 0 Å². The molecule has 0 aliphatic carbocycles. The van der Waals surface area contributed by atoms with Gasteiger partial charge in [0.15, 0.2) is 11.4 Å². The maximum atomic E-state index is 12.6. The Morgan fingerprint density at radius 1 is 1.10 bits per heavy atom. The molecule has 0 atom stereocenters. The van der Waals surface area contributed by atoms with Crippen LogP contribution in [0.2, 0.25) is 5.02 Å². The lowest BCUT2D eigenvalue weighted by Gasteiger charge is -2.35. The summed E-state index contributed by atoms with van der Waals surface area (Å²) in [5, 5.41) is 6.00. The summed E-state index contributed by atoms with van der Waals surface area (Å²) in [5.41, 5.74) is 1.55. The molecule has 3 aromatic heterocycles. The van der Waals surface area contributed by atoms with Gasteiger partial charge in [0, 0.05) is 31.2 Å². The fourth-order valence-corrected chi connectivity index (χ4v) is 3.89. The average molecular weight is 423 g/mol. The van der Waals surface area contributed by atoms with Crippen LogP contribution in [0.5, 0.6) is 0 Å². The van der Waals surface area contributed by atoms with Crippen molar-refractivity contribution in [3.8, 4) is 5.69 Å². The molecule has 1 aromatic carbocycles. The third-order valence-corrected chi connectivity index (χ3v) is 5.45. The van der Waals surface area contributed by atoms with Crippen molar-refractivity contribution in [1.82, 2.24) is 24.6 Å². The van der Waals surface area contributed by atoms with Gasteiger partial charge in [-0.1, -0.05) is 17.7 Å². The van der Waals surface area contributed by atoms with Crippen LogP contribution in [0.3, 0.4) is 0 Å². The fourth-order valence-electron chi connectivity index (χ4n) is 3.71. The molecule has 0 N–H and O–H groups in total.